The molecule has 3 N–H and O–H groups in total. The zero-order valence-corrected chi connectivity index (χ0v) is 21.1. The van der Waals surface area contributed by atoms with E-state index in [0.717, 1.165) is 55.2 Å². The van der Waals surface area contributed by atoms with Crippen LogP contribution in [0.1, 0.15) is 36.8 Å². The maximum Gasteiger partial charge on any atom is 0.391 e. The number of nitrogens with one attached hydrogen (secondary N) is 1. The van der Waals surface area contributed by atoms with Gasteiger partial charge in [0.2, 0.25) is 5.95 Å². The van der Waals surface area contributed by atoms with Crippen molar-refractivity contribution in [2.45, 2.75) is 50.9 Å². The quantitative estimate of drug-likeness (QED) is 0.646. The van der Waals surface area contributed by atoms with Gasteiger partial charge in [-0.3, -0.25) is 0 Å². The molecule has 1 aliphatic carbocycles. The smallest absolute Gasteiger partial charge is 0.368 e. The minimum absolute atomic E-state index is 0.0683. The SMILES string of the molecule is CN1CCN(c2cc(-c3ccc4c(c3)CN(C(=O)NC3CCC(C(F)(F)F)CC3)CC4)nc(N)n2)CC1. The average molecular weight is 518 g/mol. The molecule has 0 spiro atoms. The van der Waals surface area contributed by atoms with Crippen LogP contribution in [0.2, 0.25) is 0 Å². The zero-order valence-electron chi connectivity index (χ0n) is 21.1. The van der Waals surface area contributed by atoms with Gasteiger partial charge in [0.05, 0.1) is 11.6 Å². The molecule has 3 aliphatic rings. The van der Waals surface area contributed by atoms with E-state index >= 15 is 0 Å². The molecule has 1 aromatic heterocycles. The number of benzene rings is 1. The summed E-state index contributed by atoms with van der Waals surface area (Å²) < 4.78 is 38.9. The first kappa shape index (κ1) is 25.6. The maximum absolute atomic E-state index is 13.0. The molecular formula is C26H34F3N7O. The van der Waals surface area contributed by atoms with Crippen molar-refractivity contribution in [3.8, 4) is 11.3 Å². The molecule has 0 unspecified atom stereocenters. The van der Waals surface area contributed by atoms with E-state index in [1.165, 1.54) is 5.56 Å². The molecule has 8 nitrogen and oxygen atoms in total. The van der Waals surface area contributed by atoms with E-state index in [2.05, 4.69) is 44.3 Å². The van der Waals surface area contributed by atoms with Crippen molar-refractivity contribution in [1.82, 2.24) is 25.1 Å². The molecule has 2 amide bonds. The van der Waals surface area contributed by atoms with Crippen molar-refractivity contribution in [2.24, 2.45) is 5.92 Å². The fourth-order valence-electron chi connectivity index (χ4n) is 5.52. The van der Waals surface area contributed by atoms with E-state index in [0.29, 0.717) is 25.9 Å². The highest BCUT2D eigenvalue weighted by Crippen LogP contribution is 2.37. The summed E-state index contributed by atoms with van der Waals surface area (Å²) in [4.78, 5) is 28.1. The average Bonchev–Trinajstić information content (AvgIpc) is 2.88. The van der Waals surface area contributed by atoms with Crippen molar-refractivity contribution in [2.75, 3.05) is 50.4 Å². The molecule has 3 heterocycles. The van der Waals surface area contributed by atoms with Crippen molar-refractivity contribution < 1.29 is 18.0 Å². The number of carbonyl (C=O) groups excluding carboxylic acids is 1. The molecule has 0 bridgehead atoms. The first-order valence-electron chi connectivity index (χ1n) is 13.0. The summed E-state index contributed by atoms with van der Waals surface area (Å²) in [7, 11) is 2.10. The minimum Gasteiger partial charge on any atom is -0.368 e. The number of hydrogen-bond acceptors (Lipinski definition) is 6. The Hall–Kier alpha value is -3.08. The molecule has 0 radical (unpaired) electrons. The Morgan fingerprint density at radius 2 is 1.73 bits per heavy atom. The van der Waals surface area contributed by atoms with E-state index in [9.17, 15) is 18.0 Å². The number of anilines is 2. The third-order valence-corrected chi connectivity index (χ3v) is 7.88. The van der Waals surface area contributed by atoms with Crippen molar-refractivity contribution in [3.63, 3.8) is 0 Å². The van der Waals surface area contributed by atoms with Gasteiger partial charge < -0.3 is 25.8 Å². The van der Waals surface area contributed by atoms with Crippen molar-refractivity contribution in [1.29, 1.82) is 0 Å². The lowest BCUT2D eigenvalue weighted by Gasteiger charge is -2.34. The van der Waals surface area contributed by atoms with Gasteiger partial charge in [0, 0.05) is 56.9 Å². The standard InChI is InChI=1S/C26H34F3N7O/c1-34-10-12-35(13-11-34)23-15-22(32-24(30)33-23)18-3-2-17-8-9-36(16-19(17)14-18)25(37)31-21-6-4-20(5-7-21)26(27,28)29/h2-3,14-15,20-21H,4-13,16H2,1H3,(H,31,37)(H2,30,32,33). The van der Waals surface area contributed by atoms with Gasteiger partial charge in [-0.25, -0.2) is 9.78 Å². The fourth-order valence-corrected chi connectivity index (χ4v) is 5.52. The zero-order chi connectivity index (χ0) is 26.2. The van der Waals surface area contributed by atoms with E-state index in [-0.39, 0.29) is 30.9 Å². The van der Waals surface area contributed by atoms with Gasteiger partial charge in [-0.05, 0) is 56.3 Å². The Morgan fingerprint density at radius 1 is 1.00 bits per heavy atom. The number of amides is 2. The molecule has 37 heavy (non-hydrogen) atoms. The number of hydrogen-bond donors (Lipinski definition) is 2. The molecule has 1 aromatic carbocycles. The van der Waals surface area contributed by atoms with Gasteiger partial charge in [0.25, 0.3) is 0 Å². The monoisotopic (exact) mass is 517 g/mol. The maximum atomic E-state index is 13.0. The predicted molar refractivity (Wildman–Crippen MR) is 136 cm³/mol. The van der Waals surface area contributed by atoms with E-state index in [1.54, 1.807) is 4.90 Å². The van der Waals surface area contributed by atoms with Crippen LogP contribution in [0.4, 0.5) is 29.7 Å². The summed E-state index contributed by atoms with van der Waals surface area (Å²) >= 11 is 0. The number of nitrogen functional groups attached to an aromatic ring is 1. The van der Waals surface area contributed by atoms with Gasteiger partial charge >= 0.3 is 12.2 Å². The van der Waals surface area contributed by atoms with Gasteiger partial charge in [-0.1, -0.05) is 12.1 Å². The van der Waals surface area contributed by atoms with Gasteiger partial charge in [-0.2, -0.15) is 18.2 Å². The number of alkyl halides is 3. The molecule has 2 aromatic rings. The summed E-state index contributed by atoms with van der Waals surface area (Å²) in [6.45, 7) is 4.68. The van der Waals surface area contributed by atoms with Crippen LogP contribution in [0, 0.1) is 5.92 Å². The van der Waals surface area contributed by atoms with Gasteiger partial charge in [0.1, 0.15) is 5.82 Å². The molecule has 2 fully saturated rings. The number of carbonyl (C=O) groups is 1. The highest BCUT2D eigenvalue weighted by Gasteiger charge is 2.41. The van der Waals surface area contributed by atoms with E-state index in [4.69, 9.17) is 5.73 Å². The summed E-state index contributed by atoms with van der Waals surface area (Å²) in [5.74, 6) is -0.214. The van der Waals surface area contributed by atoms with E-state index < -0.39 is 12.1 Å². The number of nitrogens with zero attached hydrogens (tertiary/aromatic N) is 5. The minimum atomic E-state index is -4.15. The summed E-state index contributed by atoms with van der Waals surface area (Å²) in [5.41, 5.74) is 9.94. The highest BCUT2D eigenvalue weighted by atomic mass is 19.4. The fraction of sp³-hybridized carbons (Fsp3) is 0.577. The molecule has 1 saturated heterocycles. The lowest BCUT2D eigenvalue weighted by atomic mass is 9.85. The molecule has 2 aliphatic heterocycles. The summed E-state index contributed by atoms with van der Waals surface area (Å²) in [6, 6.07) is 7.70. The van der Waals surface area contributed by atoms with Crippen LogP contribution in [0.25, 0.3) is 11.3 Å². The number of nitrogens with two attached hydrogens (primary N) is 1. The van der Waals surface area contributed by atoms with Crippen molar-refractivity contribution in [3.05, 3.63) is 35.4 Å². The third kappa shape index (κ3) is 5.92. The largest absolute Gasteiger partial charge is 0.391 e. The summed E-state index contributed by atoms with van der Waals surface area (Å²) in [5, 5.41) is 2.97. The molecule has 200 valence electrons. The first-order chi connectivity index (χ1) is 17.7. The van der Waals surface area contributed by atoms with Gasteiger partial charge in [0.15, 0.2) is 0 Å². The number of aromatic nitrogens is 2. The molecule has 11 heteroatoms. The molecule has 0 atom stereocenters. The Morgan fingerprint density at radius 3 is 2.43 bits per heavy atom. The Bertz CT molecular complexity index is 1130. The van der Waals surface area contributed by atoms with Crippen LogP contribution in [0.5, 0.6) is 0 Å². The number of halogens is 3. The predicted octanol–water partition coefficient (Wildman–Crippen LogP) is 3.67. The normalized spacial score (nSPS) is 23.0. The number of piperazine rings is 1. The topological polar surface area (TPSA) is 90.6 Å². The van der Waals surface area contributed by atoms with E-state index in [1.807, 2.05) is 12.1 Å². The first-order valence-corrected chi connectivity index (χ1v) is 13.0. The van der Waals surface area contributed by atoms with Crippen LogP contribution < -0.4 is 16.0 Å². The molecule has 1 saturated carbocycles. The number of urea groups is 1. The highest BCUT2D eigenvalue weighted by molar-refractivity contribution is 5.75. The Labute approximate surface area is 215 Å². The summed E-state index contributed by atoms with van der Waals surface area (Å²) in [6.07, 6.45) is -2.58. The van der Waals surface area contributed by atoms with Crippen molar-refractivity contribution >= 4 is 17.8 Å². The lowest BCUT2D eigenvalue weighted by molar-refractivity contribution is -0.182. The van der Waals surface area contributed by atoms with Crippen LogP contribution in [0.15, 0.2) is 24.3 Å². The van der Waals surface area contributed by atoms with Crippen LogP contribution in [0.3, 0.4) is 0 Å². The van der Waals surface area contributed by atoms with Gasteiger partial charge in [-0.15, -0.1) is 0 Å². The third-order valence-electron chi connectivity index (χ3n) is 7.88. The number of fused-ring (bicyclic) bond motifs is 1. The van der Waals surface area contributed by atoms with Crippen LogP contribution >= 0.6 is 0 Å². The lowest BCUT2D eigenvalue weighted by Crippen LogP contribution is -2.48. The second-order valence-electron chi connectivity index (χ2n) is 10.5. The Kier molecular flexibility index (Phi) is 7.15. The second-order valence-corrected chi connectivity index (χ2v) is 10.5. The second kappa shape index (κ2) is 10.4. The number of likely N-dealkylation sites (N-methyl/N-ethyl adjacent to an activating group) is 1. The van der Waals surface area contributed by atoms with Crippen LogP contribution in [-0.2, 0) is 13.0 Å². The molecule has 5 rings (SSSR count). The molecular weight excluding hydrogens is 483 g/mol. The van der Waals surface area contributed by atoms with Crippen LogP contribution in [-0.4, -0.2) is 77.8 Å². The Balaban J connectivity index is 1.25. The number of rotatable bonds is 3.